The van der Waals surface area contributed by atoms with Gasteiger partial charge in [0.15, 0.2) is 0 Å². The maximum atomic E-state index is 12.7. The van der Waals surface area contributed by atoms with E-state index < -0.39 is 21.8 Å². The first-order chi connectivity index (χ1) is 13.1. The lowest BCUT2D eigenvalue weighted by molar-refractivity contribution is -0.137. The van der Waals surface area contributed by atoms with Crippen molar-refractivity contribution >= 4 is 15.9 Å². The summed E-state index contributed by atoms with van der Waals surface area (Å²) in [5, 5.41) is 0. The third-order valence-corrected chi connectivity index (χ3v) is 6.63. The third kappa shape index (κ3) is 4.05. The lowest BCUT2D eigenvalue weighted by atomic mass is 10.1. The van der Waals surface area contributed by atoms with Gasteiger partial charge < -0.3 is 4.90 Å². The van der Waals surface area contributed by atoms with Crippen molar-refractivity contribution in [3.63, 3.8) is 0 Å². The highest BCUT2D eigenvalue weighted by Crippen LogP contribution is 2.30. The quantitative estimate of drug-likeness (QED) is 0.778. The van der Waals surface area contributed by atoms with Crippen LogP contribution in [0.2, 0.25) is 0 Å². The van der Waals surface area contributed by atoms with Gasteiger partial charge in [-0.2, -0.15) is 17.5 Å². The summed E-state index contributed by atoms with van der Waals surface area (Å²) < 4.78 is 64.6. The first-order valence-electron chi connectivity index (χ1n) is 8.63. The topological polar surface area (TPSA) is 57.7 Å². The lowest BCUT2D eigenvalue weighted by Gasteiger charge is -2.34. The molecule has 0 bridgehead atoms. The van der Waals surface area contributed by atoms with Crippen molar-refractivity contribution in [3.8, 4) is 0 Å². The minimum absolute atomic E-state index is 0.0843. The minimum atomic E-state index is -4.52. The molecule has 2 aromatic carbocycles. The van der Waals surface area contributed by atoms with Crippen molar-refractivity contribution in [1.29, 1.82) is 0 Å². The van der Waals surface area contributed by atoms with Crippen molar-refractivity contribution in [3.05, 3.63) is 65.2 Å². The van der Waals surface area contributed by atoms with E-state index in [4.69, 9.17) is 0 Å². The molecule has 1 heterocycles. The summed E-state index contributed by atoms with van der Waals surface area (Å²) in [6.07, 6.45) is -4.52. The number of sulfonamides is 1. The Labute approximate surface area is 161 Å². The summed E-state index contributed by atoms with van der Waals surface area (Å²) in [4.78, 5) is 14.0. The zero-order valence-electron chi connectivity index (χ0n) is 15.1. The van der Waals surface area contributed by atoms with Crippen LogP contribution in [0.4, 0.5) is 13.2 Å². The van der Waals surface area contributed by atoms with Crippen LogP contribution in [0.15, 0.2) is 53.4 Å². The zero-order valence-corrected chi connectivity index (χ0v) is 15.9. The second-order valence-electron chi connectivity index (χ2n) is 6.53. The van der Waals surface area contributed by atoms with Gasteiger partial charge in [-0.1, -0.05) is 18.2 Å². The van der Waals surface area contributed by atoms with Crippen LogP contribution in [-0.2, 0) is 16.2 Å². The molecule has 9 heteroatoms. The summed E-state index contributed by atoms with van der Waals surface area (Å²) in [6, 6.07) is 10.6. The SMILES string of the molecule is Cc1ccccc1C(=O)N1CCN(S(=O)(=O)c2ccc(C(F)(F)F)cc2)CC1. The van der Waals surface area contributed by atoms with Crippen LogP contribution in [0.3, 0.4) is 0 Å². The van der Waals surface area contributed by atoms with E-state index in [0.29, 0.717) is 5.56 Å². The number of alkyl halides is 3. The number of aryl methyl sites for hydroxylation is 1. The number of carbonyl (C=O) groups is 1. The summed E-state index contributed by atoms with van der Waals surface area (Å²) in [5.41, 5.74) is 0.508. The highest BCUT2D eigenvalue weighted by Gasteiger charge is 2.33. The number of amides is 1. The first kappa shape index (κ1) is 20.3. The molecule has 0 aromatic heterocycles. The average molecular weight is 412 g/mol. The van der Waals surface area contributed by atoms with Crippen molar-refractivity contribution in [2.24, 2.45) is 0 Å². The molecule has 0 atom stereocenters. The molecule has 0 unspecified atom stereocenters. The molecule has 3 rings (SSSR count). The van der Waals surface area contributed by atoms with E-state index in [9.17, 15) is 26.4 Å². The molecule has 0 aliphatic carbocycles. The Morgan fingerprint density at radius 1 is 0.929 bits per heavy atom. The van der Waals surface area contributed by atoms with Gasteiger partial charge in [0.2, 0.25) is 10.0 Å². The molecule has 0 radical (unpaired) electrons. The lowest BCUT2D eigenvalue weighted by Crippen LogP contribution is -2.50. The normalized spacial score (nSPS) is 16.2. The highest BCUT2D eigenvalue weighted by atomic mass is 32.2. The molecule has 1 fully saturated rings. The molecule has 1 aliphatic rings. The van der Waals surface area contributed by atoms with E-state index in [0.717, 1.165) is 29.8 Å². The fraction of sp³-hybridized carbons (Fsp3) is 0.316. The maximum absolute atomic E-state index is 12.7. The Balaban J connectivity index is 1.70. The Bertz CT molecular complexity index is 965. The number of benzene rings is 2. The molecule has 1 aliphatic heterocycles. The molecular formula is C19H19F3N2O3S. The van der Waals surface area contributed by atoms with E-state index in [2.05, 4.69) is 0 Å². The van der Waals surface area contributed by atoms with Crippen LogP contribution in [0.25, 0.3) is 0 Å². The fourth-order valence-electron chi connectivity index (χ4n) is 3.08. The predicted molar refractivity (Wildman–Crippen MR) is 97.3 cm³/mol. The molecule has 1 amide bonds. The predicted octanol–water partition coefficient (Wildman–Crippen LogP) is 3.16. The monoisotopic (exact) mass is 412 g/mol. The number of hydrogen-bond donors (Lipinski definition) is 0. The van der Waals surface area contributed by atoms with E-state index in [-0.39, 0.29) is 37.0 Å². The van der Waals surface area contributed by atoms with Gasteiger partial charge in [-0.05, 0) is 42.8 Å². The molecule has 0 saturated carbocycles. The van der Waals surface area contributed by atoms with E-state index >= 15 is 0 Å². The molecule has 5 nitrogen and oxygen atoms in total. The minimum Gasteiger partial charge on any atom is -0.336 e. The zero-order chi connectivity index (χ0) is 20.5. The summed E-state index contributed by atoms with van der Waals surface area (Å²) in [5.74, 6) is -0.162. The molecular weight excluding hydrogens is 393 g/mol. The fourth-order valence-corrected chi connectivity index (χ4v) is 4.50. The smallest absolute Gasteiger partial charge is 0.336 e. The van der Waals surface area contributed by atoms with Crippen LogP contribution in [0.1, 0.15) is 21.5 Å². The maximum Gasteiger partial charge on any atom is 0.416 e. The summed E-state index contributed by atoms with van der Waals surface area (Å²) in [6.45, 7) is 2.43. The van der Waals surface area contributed by atoms with Crippen molar-refractivity contribution in [2.45, 2.75) is 18.0 Å². The van der Waals surface area contributed by atoms with Crippen molar-refractivity contribution in [1.82, 2.24) is 9.21 Å². The van der Waals surface area contributed by atoms with Crippen LogP contribution in [0, 0.1) is 6.92 Å². The average Bonchev–Trinajstić information content (AvgIpc) is 2.67. The van der Waals surface area contributed by atoms with Gasteiger partial charge in [-0.15, -0.1) is 0 Å². The van der Waals surface area contributed by atoms with Crippen molar-refractivity contribution < 1.29 is 26.4 Å². The van der Waals surface area contributed by atoms with E-state index in [1.54, 1.807) is 17.0 Å². The van der Waals surface area contributed by atoms with Crippen LogP contribution >= 0.6 is 0 Å². The summed E-state index contributed by atoms with van der Waals surface area (Å²) >= 11 is 0. The van der Waals surface area contributed by atoms with Gasteiger partial charge in [-0.3, -0.25) is 4.79 Å². The Hall–Kier alpha value is -2.39. The Kier molecular flexibility index (Phi) is 5.49. The van der Waals surface area contributed by atoms with Gasteiger partial charge in [-0.25, -0.2) is 8.42 Å². The molecule has 0 N–H and O–H groups in total. The van der Waals surface area contributed by atoms with E-state index in [1.807, 2.05) is 19.1 Å². The molecule has 2 aromatic rings. The second-order valence-corrected chi connectivity index (χ2v) is 8.47. The molecule has 28 heavy (non-hydrogen) atoms. The van der Waals surface area contributed by atoms with Gasteiger partial charge in [0.1, 0.15) is 0 Å². The number of piperazine rings is 1. The van der Waals surface area contributed by atoms with Gasteiger partial charge in [0, 0.05) is 31.7 Å². The van der Waals surface area contributed by atoms with Gasteiger partial charge in [0.05, 0.1) is 10.5 Å². The largest absolute Gasteiger partial charge is 0.416 e. The number of carbonyl (C=O) groups excluding carboxylic acids is 1. The number of hydrogen-bond acceptors (Lipinski definition) is 3. The highest BCUT2D eigenvalue weighted by molar-refractivity contribution is 7.89. The van der Waals surface area contributed by atoms with Crippen LogP contribution in [0.5, 0.6) is 0 Å². The van der Waals surface area contributed by atoms with E-state index in [1.165, 1.54) is 4.31 Å². The standard InChI is InChI=1S/C19H19F3N2O3S/c1-14-4-2-3-5-17(14)18(25)23-10-12-24(13-11-23)28(26,27)16-8-6-15(7-9-16)19(20,21)22/h2-9H,10-13H2,1H3. The van der Waals surface area contributed by atoms with Gasteiger partial charge in [0.25, 0.3) is 5.91 Å². The Morgan fingerprint density at radius 2 is 1.50 bits per heavy atom. The molecule has 0 spiro atoms. The molecule has 150 valence electrons. The number of halogens is 3. The second kappa shape index (κ2) is 7.56. The third-order valence-electron chi connectivity index (χ3n) is 4.72. The van der Waals surface area contributed by atoms with Crippen LogP contribution in [-0.4, -0.2) is 49.7 Å². The number of nitrogens with zero attached hydrogens (tertiary/aromatic N) is 2. The van der Waals surface area contributed by atoms with Crippen molar-refractivity contribution in [2.75, 3.05) is 26.2 Å². The Morgan fingerprint density at radius 3 is 2.04 bits per heavy atom. The van der Waals surface area contributed by atoms with Gasteiger partial charge >= 0.3 is 6.18 Å². The first-order valence-corrected chi connectivity index (χ1v) is 10.1. The van der Waals surface area contributed by atoms with Crippen LogP contribution < -0.4 is 0 Å². The number of rotatable bonds is 3. The molecule has 1 saturated heterocycles. The summed E-state index contributed by atoms with van der Waals surface area (Å²) in [7, 11) is -3.92.